The minimum Gasteiger partial charge on any atom is -0.463 e. The second kappa shape index (κ2) is 16.8. The van der Waals surface area contributed by atoms with E-state index in [1.807, 2.05) is 12.1 Å². The Bertz CT molecular complexity index is 1050. The van der Waals surface area contributed by atoms with Crippen molar-refractivity contribution in [3.05, 3.63) is 65.2 Å². The predicted octanol–water partition coefficient (Wildman–Crippen LogP) is 8.43. The van der Waals surface area contributed by atoms with E-state index in [0.717, 1.165) is 25.2 Å². The molecule has 0 amide bonds. The zero-order valence-corrected chi connectivity index (χ0v) is 24.5. The summed E-state index contributed by atoms with van der Waals surface area (Å²) < 4.78 is 16.0. The third kappa shape index (κ3) is 10.1. The molecule has 0 bridgehead atoms. The van der Waals surface area contributed by atoms with Gasteiger partial charge in [0.2, 0.25) is 0 Å². The molecule has 0 radical (unpaired) electrons. The first kappa shape index (κ1) is 31.4. The molecule has 1 saturated carbocycles. The van der Waals surface area contributed by atoms with Crippen molar-refractivity contribution in [1.82, 2.24) is 0 Å². The summed E-state index contributed by atoms with van der Waals surface area (Å²) in [6.07, 6.45) is 13.2. The van der Waals surface area contributed by atoms with E-state index >= 15 is 0 Å². The van der Waals surface area contributed by atoms with Crippen molar-refractivity contribution in [2.24, 2.45) is 5.92 Å². The zero-order valence-electron chi connectivity index (χ0n) is 24.5. The highest BCUT2D eigenvalue weighted by atomic mass is 16.6. The maximum absolute atomic E-state index is 12.6. The first-order chi connectivity index (χ1) is 19.4. The summed E-state index contributed by atoms with van der Waals surface area (Å²) in [7, 11) is 0. The predicted molar refractivity (Wildman–Crippen MR) is 157 cm³/mol. The molecule has 2 aromatic rings. The number of unbranched alkanes of at least 4 members (excludes halogenated alkanes) is 5. The van der Waals surface area contributed by atoms with E-state index in [9.17, 15) is 14.4 Å². The highest BCUT2D eigenvalue weighted by molar-refractivity contribution is 5.95. The molecule has 0 aromatic heterocycles. The monoisotopic (exact) mass is 550 g/mol. The van der Waals surface area contributed by atoms with Gasteiger partial charge in [-0.1, -0.05) is 70.9 Å². The van der Waals surface area contributed by atoms with Gasteiger partial charge in [-0.2, -0.15) is 0 Å². The fourth-order valence-electron chi connectivity index (χ4n) is 5.36. The van der Waals surface area contributed by atoms with Gasteiger partial charge in [0.05, 0.1) is 17.7 Å². The van der Waals surface area contributed by atoms with Crippen molar-refractivity contribution in [2.75, 3.05) is 6.61 Å². The number of benzene rings is 2. The number of ether oxygens (including phenoxy) is 3. The Kier molecular flexibility index (Phi) is 13.2. The summed E-state index contributed by atoms with van der Waals surface area (Å²) in [6.45, 7) is 6.25. The fourth-order valence-corrected chi connectivity index (χ4v) is 5.36. The largest absolute Gasteiger partial charge is 0.463 e. The van der Waals surface area contributed by atoms with E-state index in [0.29, 0.717) is 23.8 Å². The van der Waals surface area contributed by atoms with Crippen LogP contribution in [-0.4, -0.2) is 30.6 Å². The molecule has 1 aliphatic carbocycles. The van der Waals surface area contributed by atoms with Gasteiger partial charge in [0.15, 0.2) is 6.10 Å². The summed E-state index contributed by atoms with van der Waals surface area (Å²) in [4.78, 5) is 37.3. The van der Waals surface area contributed by atoms with Gasteiger partial charge >= 0.3 is 17.9 Å². The molecule has 1 aliphatic rings. The second-order valence-electron chi connectivity index (χ2n) is 11.0. The number of rotatable bonds is 15. The highest BCUT2D eigenvalue weighted by Gasteiger charge is 2.23. The Labute approximate surface area is 239 Å². The summed E-state index contributed by atoms with van der Waals surface area (Å²) >= 11 is 0. The molecule has 3 rings (SSSR count). The van der Waals surface area contributed by atoms with Crippen LogP contribution < -0.4 is 4.74 Å². The molecule has 6 nitrogen and oxygen atoms in total. The van der Waals surface area contributed by atoms with E-state index in [2.05, 4.69) is 26.0 Å². The molecule has 40 heavy (non-hydrogen) atoms. The molecule has 0 N–H and O–H groups in total. The third-order valence-corrected chi connectivity index (χ3v) is 7.82. The highest BCUT2D eigenvalue weighted by Crippen LogP contribution is 2.37. The van der Waals surface area contributed by atoms with Crippen LogP contribution in [-0.2, 0) is 14.3 Å². The second-order valence-corrected chi connectivity index (χ2v) is 11.0. The lowest BCUT2D eigenvalue weighted by Crippen LogP contribution is -2.26. The molecular formula is C34H46O6. The average Bonchev–Trinajstić information content (AvgIpc) is 2.97. The van der Waals surface area contributed by atoms with Gasteiger partial charge in [0.25, 0.3) is 0 Å². The van der Waals surface area contributed by atoms with Crippen molar-refractivity contribution in [3.63, 3.8) is 0 Å². The van der Waals surface area contributed by atoms with E-state index in [1.165, 1.54) is 94.5 Å². The molecule has 2 aromatic carbocycles. The van der Waals surface area contributed by atoms with Crippen LogP contribution in [0.3, 0.4) is 0 Å². The summed E-state index contributed by atoms with van der Waals surface area (Å²) in [5.74, 6) is 0.231. The number of hydrogen-bond donors (Lipinski definition) is 0. The molecule has 0 aliphatic heterocycles. The third-order valence-electron chi connectivity index (χ3n) is 7.82. The van der Waals surface area contributed by atoms with E-state index in [4.69, 9.17) is 14.2 Å². The number of carbonyl (C=O) groups is 3. The molecule has 1 fully saturated rings. The minimum atomic E-state index is -1.01. The van der Waals surface area contributed by atoms with Crippen molar-refractivity contribution in [1.29, 1.82) is 0 Å². The van der Waals surface area contributed by atoms with Crippen LogP contribution in [0.5, 0.6) is 5.75 Å². The lowest BCUT2D eigenvalue weighted by molar-refractivity contribution is -0.153. The van der Waals surface area contributed by atoms with E-state index in [1.54, 1.807) is 0 Å². The topological polar surface area (TPSA) is 78.9 Å². The Hall–Kier alpha value is -3.15. The minimum absolute atomic E-state index is 0.241. The molecule has 6 heteroatoms. The summed E-state index contributed by atoms with van der Waals surface area (Å²) in [5.41, 5.74) is 1.87. The number of hydrogen-bond acceptors (Lipinski definition) is 6. The van der Waals surface area contributed by atoms with Crippen LogP contribution >= 0.6 is 0 Å². The van der Waals surface area contributed by atoms with Crippen molar-refractivity contribution < 1.29 is 28.6 Å². The van der Waals surface area contributed by atoms with Crippen LogP contribution in [0.2, 0.25) is 0 Å². The Morgan fingerprint density at radius 3 is 1.98 bits per heavy atom. The van der Waals surface area contributed by atoms with E-state index < -0.39 is 24.0 Å². The number of esters is 3. The lowest BCUT2D eigenvalue weighted by Gasteiger charge is -2.28. The van der Waals surface area contributed by atoms with E-state index in [-0.39, 0.29) is 5.56 Å². The average molecular weight is 551 g/mol. The molecule has 0 unspecified atom stereocenters. The Balaban J connectivity index is 1.41. The lowest BCUT2D eigenvalue weighted by atomic mass is 9.77. The fraction of sp³-hybridized carbons (Fsp3) is 0.559. The van der Waals surface area contributed by atoms with Crippen molar-refractivity contribution in [3.8, 4) is 5.75 Å². The zero-order chi connectivity index (χ0) is 28.7. The SMILES string of the molecule is CCCCCCCCOC(=O)[C@@H](C)OC(=O)c1ccc(C(=O)Oc2ccc(C3CCC(CCC)CC3)cc2)cc1. The Morgan fingerprint density at radius 1 is 0.750 bits per heavy atom. The van der Waals surface area contributed by atoms with Crippen LogP contribution in [0.4, 0.5) is 0 Å². The smallest absolute Gasteiger partial charge is 0.347 e. The van der Waals surface area contributed by atoms with Gasteiger partial charge in [0.1, 0.15) is 5.75 Å². The maximum Gasteiger partial charge on any atom is 0.347 e. The molecule has 1 atom stereocenters. The molecule has 0 spiro atoms. The molecule has 218 valence electrons. The summed E-state index contributed by atoms with van der Waals surface area (Å²) in [6, 6.07) is 13.8. The normalized spacial score (nSPS) is 17.6. The standard InChI is InChI=1S/C34H46O6/c1-4-6-7-8-9-10-24-38-32(35)25(3)39-33(36)29-16-18-30(19-17-29)34(37)40-31-22-20-28(21-23-31)27-14-12-26(11-5-2)13-15-27/h16-23,25-27H,4-15,24H2,1-3H3/t25-,26?,27?/m1/s1. The van der Waals surface area contributed by atoms with Gasteiger partial charge in [-0.15, -0.1) is 0 Å². The van der Waals surface area contributed by atoms with Gasteiger partial charge in [-0.3, -0.25) is 0 Å². The van der Waals surface area contributed by atoms with Crippen LogP contribution in [0.1, 0.15) is 130 Å². The molecule has 0 saturated heterocycles. The van der Waals surface area contributed by atoms with Crippen LogP contribution in [0, 0.1) is 5.92 Å². The molecule has 0 heterocycles. The Morgan fingerprint density at radius 2 is 1.35 bits per heavy atom. The summed E-state index contributed by atoms with van der Waals surface area (Å²) in [5, 5.41) is 0. The quantitative estimate of drug-likeness (QED) is 0.126. The van der Waals surface area contributed by atoms with Crippen molar-refractivity contribution in [2.45, 2.75) is 110 Å². The first-order valence-corrected chi connectivity index (χ1v) is 15.2. The molecular weight excluding hydrogens is 504 g/mol. The van der Waals surface area contributed by atoms with Crippen LogP contribution in [0.15, 0.2) is 48.5 Å². The first-order valence-electron chi connectivity index (χ1n) is 15.2. The van der Waals surface area contributed by atoms with Gasteiger partial charge in [0, 0.05) is 0 Å². The van der Waals surface area contributed by atoms with Crippen LogP contribution in [0.25, 0.3) is 0 Å². The van der Waals surface area contributed by atoms with Crippen molar-refractivity contribution >= 4 is 17.9 Å². The van der Waals surface area contributed by atoms with Gasteiger partial charge < -0.3 is 14.2 Å². The number of carbonyl (C=O) groups excluding carboxylic acids is 3. The maximum atomic E-state index is 12.6. The van der Waals surface area contributed by atoms with Gasteiger partial charge in [-0.05, 0) is 92.8 Å². The van der Waals surface area contributed by atoms with Gasteiger partial charge in [-0.25, -0.2) is 14.4 Å².